The first-order valence-corrected chi connectivity index (χ1v) is 7.64. The van der Waals surface area contributed by atoms with Crippen LogP contribution in [0, 0.1) is 0 Å². The maximum absolute atomic E-state index is 6.37. The SMILES string of the molecule is Clc1cc2[nH]c(-n3cccn3)nc2cc1NCc1ccccc1. The highest BCUT2D eigenvalue weighted by Gasteiger charge is 2.09. The number of nitrogens with one attached hydrogen (secondary N) is 2. The fourth-order valence-corrected chi connectivity index (χ4v) is 2.68. The standard InChI is InChI=1S/C17H14ClN5/c18-13-9-15-16(22-17(21-15)23-8-4-7-20-23)10-14(13)19-11-12-5-2-1-3-6-12/h1-10,19H,11H2,(H,21,22). The molecule has 0 aliphatic heterocycles. The number of rotatable bonds is 4. The van der Waals surface area contributed by atoms with E-state index in [1.807, 2.05) is 42.6 Å². The van der Waals surface area contributed by atoms with Crippen LogP contribution in [0.3, 0.4) is 0 Å². The van der Waals surface area contributed by atoms with Crippen molar-refractivity contribution in [2.75, 3.05) is 5.32 Å². The van der Waals surface area contributed by atoms with Crippen LogP contribution >= 0.6 is 11.6 Å². The third-order valence-electron chi connectivity index (χ3n) is 3.61. The van der Waals surface area contributed by atoms with Gasteiger partial charge in [-0.3, -0.25) is 0 Å². The number of H-pyrrole nitrogens is 1. The second kappa shape index (κ2) is 5.78. The number of hydrogen-bond donors (Lipinski definition) is 2. The smallest absolute Gasteiger partial charge is 0.229 e. The van der Waals surface area contributed by atoms with Gasteiger partial charge in [-0.2, -0.15) is 5.10 Å². The van der Waals surface area contributed by atoms with Crippen molar-refractivity contribution in [2.45, 2.75) is 6.54 Å². The Kier molecular flexibility index (Phi) is 3.48. The van der Waals surface area contributed by atoms with Gasteiger partial charge in [0, 0.05) is 18.9 Å². The van der Waals surface area contributed by atoms with Crippen LogP contribution in [0.25, 0.3) is 17.0 Å². The van der Waals surface area contributed by atoms with Crippen LogP contribution in [0.5, 0.6) is 0 Å². The molecule has 114 valence electrons. The number of aromatic amines is 1. The summed E-state index contributed by atoms with van der Waals surface area (Å²) in [4.78, 5) is 7.78. The van der Waals surface area contributed by atoms with Crippen LogP contribution in [0.2, 0.25) is 5.02 Å². The number of fused-ring (bicyclic) bond motifs is 1. The van der Waals surface area contributed by atoms with E-state index in [4.69, 9.17) is 11.6 Å². The van der Waals surface area contributed by atoms with Crippen molar-refractivity contribution in [3.63, 3.8) is 0 Å². The quantitative estimate of drug-likeness (QED) is 0.596. The number of nitrogens with zero attached hydrogens (tertiary/aromatic N) is 3. The van der Waals surface area contributed by atoms with Crippen LogP contribution in [0.15, 0.2) is 60.9 Å². The summed E-state index contributed by atoms with van der Waals surface area (Å²) in [6.45, 7) is 0.711. The molecule has 5 nitrogen and oxygen atoms in total. The maximum Gasteiger partial charge on any atom is 0.229 e. The minimum atomic E-state index is 0.657. The van der Waals surface area contributed by atoms with Gasteiger partial charge in [-0.05, 0) is 23.8 Å². The van der Waals surface area contributed by atoms with Gasteiger partial charge < -0.3 is 10.3 Å². The van der Waals surface area contributed by atoms with Crippen molar-refractivity contribution in [3.8, 4) is 5.95 Å². The number of halogens is 1. The molecule has 0 aliphatic carbocycles. The van der Waals surface area contributed by atoms with Crippen LogP contribution in [-0.2, 0) is 6.54 Å². The highest BCUT2D eigenvalue weighted by Crippen LogP contribution is 2.28. The molecule has 0 bridgehead atoms. The summed E-state index contributed by atoms with van der Waals surface area (Å²) in [5.74, 6) is 0.668. The van der Waals surface area contributed by atoms with E-state index in [0.29, 0.717) is 17.5 Å². The van der Waals surface area contributed by atoms with Gasteiger partial charge in [-0.15, -0.1) is 0 Å². The highest BCUT2D eigenvalue weighted by atomic mass is 35.5. The van der Waals surface area contributed by atoms with E-state index in [1.54, 1.807) is 10.9 Å². The van der Waals surface area contributed by atoms with Crippen LogP contribution in [-0.4, -0.2) is 19.7 Å². The van der Waals surface area contributed by atoms with E-state index < -0.39 is 0 Å². The second-order valence-electron chi connectivity index (χ2n) is 5.20. The van der Waals surface area contributed by atoms with Gasteiger partial charge >= 0.3 is 0 Å². The summed E-state index contributed by atoms with van der Waals surface area (Å²) < 4.78 is 1.69. The van der Waals surface area contributed by atoms with E-state index >= 15 is 0 Å². The van der Waals surface area contributed by atoms with Gasteiger partial charge in [0.05, 0.1) is 21.7 Å². The van der Waals surface area contributed by atoms with Crippen molar-refractivity contribution >= 4 is 28.3 Å². The molecule has 0 saturated heterocycles. The number of anilines is 1. The van der Waals surface area contributed by atoms with Crippen molar-refractivity contribution in [2.24, 2.45) is 0 Å². The van der Waals surface area contributed by atoms with Crippen molar-refractivity contribution in [3.05, 3.63) is 71.5 Å². The number of hydrogen-bond acceptors (Lipinski definition) is 3. The van der Waals surface area contributed by atoms with E-state index in [9.17, 15) is 0 Å². The largest absolute Gasteiger partial charge is 0.380 e. The molecule has 2 N–H and O–H groups in total. The first-order valence-electron chi connectivity index (χ1n) is 7.27. The Hall–Kier alpha value is -2.79. The zero-order valence-electron chi connectivity index (χ0n) is 12.2. The van der Waals surface area contributed by atoms with Crippen molar-refractivity contribution in [1.82, 2.24) is 19.7 Å². The Morgan fingerprint density at radius 3 is 2.78 bits per heavy atom. The Morgan fingerprint density at radius 2 is 2.00 bits per heavy atom. The fourth-order valence-electron chi connectivity index (χ4n) is 2.45. The molecule has 0 fully saturated rings. The minimum Gasteiger partial charge on any atom is -0.380 e. The monoisotopic (exact) mass is 323 g/mol. The lowest BCUT2D eigenvalue weighted by Gasteiger charge is -2.08. The van der Waals surface area contributed by atoms with Gasteiger partial charge in [0.15, 0.2) is 0 Å². The molecule has 2 aromatic carbocycles. The number of benzene rings is 2. The van der Waals surface area contributed by atoms with Crippen molar-refractivity contribution in [1.29, 1.82) is 0 Å². The van der Waals surface area contributed by atoms with Gasteiger partial charge in [0.2, 0.25) is 5.95 Å². The van der Waals surface area contributed by atoms with Gasteiger partial charge in [-0.25, -0.2) is 9.67 Å². The molecule has 0 aliphatic rings. The van der Waals surface area contributed by atoms with Crippen molar-refractivity contribution < 1.29 is 0 Å². The molecule has 4 rings (SSSR count). The Morgan fingerprint density at radius 1 is 1.13 bits per heavy atom. The summed E-state index contributed by atoms with van der Waals surface area (Å²) in [7, 11) is 0. The lowest BCUT2D eigenvalue weighted by molar-refractivity contribution is 0.829. The predicted molar refractivity (Wildman–Crippen MR) is 92.0 cm³/mol. The average Bonchev–Trinajstić information content (AvgIpc) is 3.22. The van der Waals surface area contributed by atoms with E-state index in [0.717, 1.165) is 16.7 Å². The second-order valence-corrected chi connectivity index (χ2v) is 5.61. The summed E-state index contributed by atoms with van der Waals surface area (Å²) in [5, 5.41) is 8.19. The summed E-state index contributed by atoms with van der Waals surface area (Å²) in [5.41, 5.74) is 3.78. The Balaban J connectivity index is 1.64. The maximum atomic E-state index is 6.37. The summed E-state index contributed by atoms with van der Waals surface area (Å²) in [6.07, 6.45) is 3.56. The zero-order valence-corrected chi connectivity index (χ0v) is 13.0. The third kappa shape index (κ3) is 2.78. The third-order valence-corrected chi connectivity index (χ3v) is 3.92. The fraction of sp³-hybridized carbons (Fsp3) is 0.0588. The molecule has 23 heavy (non-hydrogen) atoms. The number of imidazole rings is 1. The molecule has 0 radical (unpaired) electrons. The topological polar surface area (TPSA) is 58.5 Å². The molecule has 2 heterocycles. The Bertz CT molecular complexity index is 928. The molecular formula is C17H14ClN5. The molecule has 4 aromatic rings. The molecule has 0 spiro atoms. The zero-order chi connectivity index (χ0) is 15.6. The molecule has 0 amide bonds. The normalized spacial score (nSPS) is 11.0. The van der Waals surface area contributed by atoms with E-state index in [-0.39, 0.29) is 0 Å². The molecule has 2 aromatic heterocycles. The lowest BCUT2D eigenvalue weighted by Crippen LogP contribution is -1.99. The molecule has 0 unspecified atom stereocenters. The van der Waals surface area contributed by atoms with Crippen LogP contribution in [0.1, 0.15) is 5.56 Å². The number of aromatic nitrogens is 4. The lowest BCUT2D eigenvalue weighted by atomic mass is 10.2. The van der Waals surface area contributed by atoms with Crippen LogP contribution < -0.4 is 5.32 Å². The summed E-state index contributed by atoms with van der Waals surface area (Å²) in [6, 6.07) is 15.9. The van der Waals surface area contributed by atoms with Gasteiger partial charge in [-0.1, -0.05) is 41.9 Å². The Labute approximate surface area is 137 Å². The molecular weight excluding hydrogens is 310 g/mol. The first kappa shape index (κ1) is 13.8. The van der Waals surface area contributed by atoms with Gasteiger partial charge in [0.25, 0.3) is 0 Å². The average molecular weight is 324 g/mol. The first-order chi connectivity index (χ1) is 11.3. The summed E-state index contributed by atoms with van der Waals surface area (Å²) >= 11 is 6.37. The predicted octanol–water partition coefficient (Wildman–Crippen LogP) is 4.01. The van der Waals surface area contributed by atoms with Crippen LogP contribution in [0.4, 0.5) is 5.69 Å². The van der Waals surface area contributed by atoms with Gasteiger partial charge in [0.1, 0.15) is 0 Å². The molecule has 6 heteroatoms. The minimum absolute atomic E-state index is 0.657. The highest BCUT2D eigenvalue weighted by molar-refractivity contribution is 6.34. The van der Waals surface area contributed by atoms with E-state index in [2.05, 4.69) is 32.5 Å². The molecule has 0 saturated carbocycles. The molecule has 0 atom stereocenters. The van der Waals surface area contributed by atoms with E-state index in [1.165, 1.54) is 5.56 Å².